The van der Waals surface area contributed by atoms with Crippen molar-refractivity contribution in [3.8, 4) is 0 Å². The number of hydrogen-bond acceptors (Lipinski definition) is 3. The molecule has 1 amide bonds. The minimum absolute atomic E-state index is 0.221. The molecular weight excluding hydrogens is 178 g/mol. The quantitative estimate of drug-likeness (QED) is 0.681. The first-order chi connectivity index (χ1) is 6.69. The highest BCUT2D eigenvalue weighted by molar-refractivity contribution is 5.78. The Morgan fingerprint density at radius 3 is 2.79 bits per heavy atom. The zero-order valence-corrected chi connectivity index (χ0v) is 9.42. The van der Waals surface area contributed by atoms with Gasteiger partial charge in [0.1, 0.15) is 0 Å². The van der Waals surface area contributed by atoms with Crippen molar-refractivity contribution in [2.75, 3.05) is 40.3 Å². The first-order valence-electron chi connectivity index (χ1n) is 5.31. The van der Waals surface area contributed by atoms with Crippen LogP contribution in [0.2, 0.25) is 0 Å². The van der Waals surface area contributed by atoms with Gasteiger partial charge in [-0.15, -0.1) is 0 Å². The Labute approximate surface area is 86.2 Å². The summed E-state index contributed by atoms with van der Waals surface area (Å²) < 4.78 is 0. The van der Waals surface area contributed by atoms with Crippen LogP contribution in [0.5, 0.6) is 0 Å². The van der Waals surface area contributed by atoms with Crippen LogP contribution in [0.25, 0.3) is 0 Å². The smallest absolute Gasteiger partial charge is 0.236 e. The Kier molecular flexibility index (Phi) is 4.35. The minimum Gasteiger partial charge on any atom is -0.339 e. The van der Waals surface area contributed by atoms with Gasteiger partial charge in [0.15, 0.2) is 0 Å². The molecule has 1 atom stereocenters. The molecule has 1 saturated heterocycles. The minimum atomic E-state index is 0.221. The lowest BCUT2D eigenvalue weighted by Gasteiger charge is -2.39. The van der Waals surface area contributed by atoms with Crippen LogP contribution in [0.3, 0.4) is 0 Å². The number of carbonyl (C=O) groups is 1. The van der Waals surface area contributed by atoms with Gasteiger partial charge in [0.2, 0.25) is 5.91 Å². The number of rotatable bonds is 3. The van der Waals surface area contributed by atoms with Crippen molar-refractivity contribution in [3.63, 3.8) is 0 Å². The standard InChI is InChI=1S/C10H21N3O/c1-4-9-8-13(6-5-12(9)3)10(14)7-11-2/h9,11H,4-8H2,1-3H3. The first kappa shape index (κ1) is 11.5. The number of likely N-dealkylation sites (N-methyl/N-ethyl adjacent to an activating group) is 2. The molecule has 1 fully saturated rings. The third-order valence-corrected chi connectivity index (χ3v) is 2.93. The fourth-order valence-electron chi connectivity index (χ4n) is 1.88. The summed E-state index contributed by atoms with van der Waals surface area (Å²) >= 11 is 0. The average Bonchev–Trinajstić information content (AvgIpc) is 2.19. The predicted octanol–water partition coefficient (Wildman–Crippen LogP) is -0.242. The molecule has 1 rings (SSSR count). The maximum Gasteiger partial charge on any atom is 0.236 e. The first-order valence-corrected chi connectivity index (χ1v) is 5.31. The zero-order chi connectivity index (χ0) is 10.6. The number of piperazine rings is 1. The van der Waals surface area contributed by atoms with Gasteiger partial charge in [0, 0.05) is 25.7 Å². The molecule has 0 aromatic rings. The van der Waals surface area contributed by atoms with E-state index in [9.17, 15) is 4.79 Å². The van der Waals surface area contributed by atoms with Crippen LogP contribution >= 0.6 is 0 Å². The number of carbonyl (C=O) groups excluding carboxylic acids is 1. The lowest BCUT2D eigenvalue weighted by atomic mass is 10.1. The van der Waals surface area contributed by atoms with Crippen molar-refractivity contribution in [2.24, 2.45) is 0 Å². The summed E-state index contributed by atoms with van der Waals surface area (Å²) in [5.41, 5.74) is 0. The van der Waals surface area contributed by atoms with Crippen molar-refractivity contribution < 1.29 is 4.79 Å². The molecule has 0 bridgehead atoms. The second kappa shape index (κ2) is 5.32. The molecule has 1 aliphatic heterocycles. The van der Waals surface area contributed by atoms with Crippen LogP contribution in [0.4, 0.5) is 0 Å². The third kappa shape index (κ3) is 2.69. The normalized spacial score (nSPS) is 23.9. The highest BCUT2D eigenvalue weighted by atomic mass is 16.2. The molecule has 0 aliphatic carbocycles. The van der Waals surface area contributed by atoms with Gasteiger partial charge in [-0.3, -0.25) is 9.69 Å². The van der Waals surface area contributed by atoms with Crippen molar-refractivity contribution in [3.05, 3.63) is 0 Å². The Morgan fingerprint density at radius 2 is 2.21 bits per heavy atom. The van der Waals surface area contributed by atoms with E-state index >= 15 is 0 Å². The van der Waals surface area contributed by atoms with Crippen LogP contribution in [-0.2, 0) is 4.79 Å². The number of nitrogens with zero attached hydrogens (tertiary/aromatic N) is 2. The van der Waals surface area contributed by atoms with E-state index < -0.39 is 0 Å². The van der Waals surface area contributed by atoms with E-state index in [0.717, 1.165) is 26.1 Å². The highest BCUT2D eigenvalue weighted by Gasteiger charge is 2.25. The molecule has 4 heteroatoms. The number of amides is 1. The molecular formula is C10H21N3O. The summed E-state index contributed by atoms with van der Waals surface area (Å²) in [4.78, 5) is 15.9. The number of nitrogens with one attached hydrogen (secondary N) is 1. The summed E-state index contributed by atoms with van der Waals surface area (Å²) in [5, 5.41) is 2.90. The molecule has 82 valence electrons. The molecule has 1 aliphatic rings. The van der Waals surface area contributed by atoms with Crippen molar-refractivity contribution in [2.45, 2.75) is 19.4 Å². The predicted molar refractivity (Wildman–Crippen MR) is 57.2 cm³/mol. The van der Waals surface area contributed by atoms with Crippen LogP contribution in [0.1, 0.15) is 13.3 Å². The molecule has 0 radical (unpaired) electrons. The van der Waals surface area contributed by atoms with Crippen LogP contribution < -0.4 is 5.32 Å². The van der Waals surface area contributed by atoms with Gasteiger partial charge in [-0.2, -0.15) is 0 Å². The summed E-state index contributed by atoms with van der Waals surface area (Å²) in [6.45, 7) is 5.38. The van der Waals surface area contributed by atoms with E-state index in [1.165, 1.54) is 0 Å². The summed E-state index contributed by atoms with van der Waals surface area (Å²) in [6.07, 6.45) is 1.11. The van der Waals surface area contributed by atoms with Gasteiger partial charge in [0.25, 0.3) is 0 Å². The fourth-order valence-corrected chi connectivity index (χ4v) is 1.88. The molecule has 14 heavy (non-hydrogen) atoms. The molecule has 1 unspecified atom stereocenters. The van der Waals surface area contributed by atoms with Crippen molar-refractivity contribution >= 4 is 5.91 Å². The van der Waals surface area contributed by atoms with E-state index in [1.54, 1.807) is 0 Å². The Morgan fingerprint density at radius 1 is 1.50 bits per heavy atom. The van der Waals surface area contributed by atoms with E-state index in [-0.39, 0.29) is 5.91 Å². The van der Waals surface area contributed by atoms with Gasteiger partial charge in [-0.05, 0) is 20.5 Å². The molecule has 4 nitrogen and oxygen atoms in total. The lowest BCUT2D eigenvalue weighted by molar-refractivity contribution is -0.132. The monoisotopic (exact) mass is 199 g/mol. The van der Waals surface area contributed by atoms with Crippen molar-refractivity contribution in [1.29, 1.82) is 0 Å². The van der Waals surface area contributed by atoms with Crippen LogP contribution in [0, 0.1) is 0 Å². The molecule has 1 N–H and O–H groups in total. The largest absolute Gasteiger partial charge is 0.339 e. The maximum absolute atomic E-state index is 11.6. The molecule has 0 aromatic carbocycles. The molecule has 0 aromatic heterocycles. The van der Waals surface area contributed by atoms with E-state index in [2.05, 4.69) is 24.2 Å². The maximum atomic E-state index is 11.6. The lowest BCUT2D eigenvalue weighted by Crippen LogP contribution is -2.54. The van der Waals surface area contributed by atoms with E-state index in [4.69, 9.17) is 0 Å². The summed E-state index contributed by atoms with van der Waals surface area (Å²) in [5.74, 6) is 0.221. The highest BCUT2D eigenvalue weighted by Crippen LogP contribution is 2.10. The average molecular weight is 199 g/mol. The van der Waals surface area contributed by atoms with Gasteiger partial charge in [-0.1, -0.05) is 6.92 Å². The number of hydrogen-bond donors (Lipinski definition) is 1. The second-order valence-electron chi connectivity index (χ2n) is 3.91. The van der Waals surface area contributed by atoms with Gasteiger partial charge in [-0.25, -0.2) is 0 Å². The van der Waals surface area contributed by atoms with E-state index in [0.29, 0.717) is 12.6 Å². The summed E-state index contributed by atoms with van der Waals surface area (Å²) in [7, 11) is 3.94. The topological polar surface area (TPSA) is 35.6 Å². The van der Waals surface area contributed by atoms with E-state index in [1.807, 2.05) is 11.9 Å². The molecule has 0 saturated carbocycles. The molecule has 1 heterocycles. The van der Waals surface area contributed by atoms with Gasteiger partial charge >= 0.3 is 0 Å². The van der Waals surface area contributed by atoms with Gasteiger partial charge < -0.3 is 10.2 Å². The Balaban J connectivity index is 2.45. The summed E-state index contributed by atoms with van der Waals surface area (Å²) in [6, 6.07) is 0.532. The SMILES string of the molecule is CCC1CN(C(=O)CNC)CCN1C. The second-order valence-corrected chi connectivity index (χ2v) is 3.91. The Bertz CT molecular complexity index is 196. The van der Waals surface area contributed by atoms with Crippen molar-refractivity contribution in [1.82, 2.24) is 15.1 Å². The molecule has 0 spiro atoms. The van der Waals surface area contributed by atoms with Crippen LogP contribution in [0.15, 0.2) is 0 Å². The Hall–Kier alpha value is -0.610. The van der Waals surface area contributed by atoms with Gasteiger partial charge in [0.05, 0.1) is 6.54 Å². The fraction of sp³-hybridized carbons (Fsp3) is 0.900. The van der Waals surface area contributed by atoms with Crippen LogP contribution in [-0.4, -0.2) is 62.0 Å². The zero-order valence-electron chi connectivity index (χ0n) is 9.42. The third-order valence-electron chi connectivity index (χ3n) is 2.93.